The summed E-state index contributed by atoms with van der Waals surface area (Å²) in [5, 5.41) is 9.65. The third-order valence-corrected chi connectivity index (χ3v) is 5.79. The summed E-state index contributed by atoms with van der Waals surface area (Å²) < 4.78 is 11.6. The van der Waals surface area contributed by atoms with E-state index < -0.39 is 0 Å². The van der Waals surface area contributed by atoms with Gasteiger partial charge in [0, 0.05) is 6.07 Å². The minimum atomic E-state index is 0.239. The predicted molar refractivity (Wildman–Crippen MR) is 76.1 cm³/mol. The lowest BCUT2D eigenvalue weighted by Crippen LogP contribution is -2.32. The molecule has 5 unspecified atom stereocenters. The first kappa shape index (κ1) is 12.4. The van der Waals surface area contributed by atoms with Gasteiger partial charge >= 0.3 is 0 Å². The smallest absolute Gasteiger partial charge is 0.165 e. The van der Waals surface area contributed by atoms with Gasteiger partial charge in [-0.25, -0.2) is 0 Å². The van der Waals surface area contributed by atoms with Crippen molar-refractivity contribution in [2.24, 2.45) is 23.7 Å². The summed E-state index contributed by atoms with van der Waals surface area (Å²) in [6, 6.07) is 5.09. The summed E-state index contributed by atoms with van der Waals surface area (Å²) in [5.41, 5.74) is 0. The van der Waals surface area contributed by atoms with Gasteiger partial charge in [-0.15, -0.1) is 0 Å². The van der Waals surface area contributed by atoms with Crippen molar-refractivity contribution in [3.63, 3.8) is 0 Å². The minimum absolute atomic E-state index is 0.239. The average Bonchev–Trinajstić information content (AvgIpc) is 3.10. The van der Waals surface area contributed by atoms with Crippen molar-refractivity contribution in [3.8, 4) is 17.2 Å². The van der Waals surface area contributed by atoms with Crippen LogP contribution in [0.2, 0.25) is 0 Å². The number of phenolic OH excluding ortho intramolecular Hbond substituents is 1. The Morgan fingerprint density at radius 3 is 2.75 bits per heavy atom. The number of ether oxygens (including phenoxy) is 2. The molecule has 1 aromatic carbocycles. The molecule has 20 heavy (non-hydrogen) atoms. The molecule has 3 aliphatic rings. The quantitative estimate of drug-likeness (QED) is 0.915. The zero-order chi connectivity index (χ0) is 13.7. The van der Waals surface area contributed by atoms with Crippen LogP contribution >= 0.6 is 0 Å². The van der Waals surface area contributed by atoms with E-state index in [0.717, 1.165) is 23.7 Å². The summed E-state index contributed by atoms with van der Waals surface area (Å²) in [4.78, 5) is 0. The maximum Gasteiger partial charge on any atom is 0.165 e. The van der Waals surface area contributed by atoms with Gasteiger partial charge < -0.3 is 14.6 Å². The molecule has 4 rings (SSSR count). The molecule has 0 heterocycles. The van der Waals surface area contributed by atoms with E-state index >= 15 is 0 Å². The maximum absolute atomic E-state index is 9.65. The van der Waals surface area contributed by atoms with Gasteiger partial charge in [0.15, 0.2) is 11.5 Å². The fourth-order valence-corrected chi connectivity index (χ4v) is 5.06. The number of rotatable bonds is 3. The molecule has 0 radical (unpaired) electrons. The van der Waals surface area contributed by atoms with E-state index in [9.17, 15) is 5.11 Å². The summed E-state index contributed by atoms with van der Waals surface area (Å²) in [6.07, 6.45) is 7.09. The molecule has 3 nitrogen and oxygen atoms in total. The van der Waals surface area contributed by atoms with Gasteiger partial charge in [0.1, 0.15) is 11.9 Å². The average molecular weight is 274 g/mol. The van der Waals surface area contributed by atoms with Gasteiger partial charge in [0.25, 0.3) is 0 Å². The van der Waals surface area contributed by atoms with Crippen LogP contribution < -0.4 is 9.47 Å². The fraction of sp³-hybridized carbons (Fsp3) is 0.647. The van der Waals surface area contributed by atoms with Crippen molar-refractivity contribution in [2.75, 3.05) is 7.11 Å². The highest BCUT2D eigenvalue weighted by atomic mass is 16.5. The molecule has 108 valence electrons. The van der Waals surface area contributed by atoms with Crippen LogP contribution in [0.4, 0.5) is 0 Å². The molecule has 1 N–H and O–H groups in total. The number of fused-ring (bicyclic) bond motifs is 5. The summed E-state index contributed by atoms with van der Waals surface area (Å²) >= 11 is 0. The predicted octanol–water partition coefficient (Wildman–Crippen LogP) is 3.60. The topological polar surface area (TPSA) is 38.7 Å². The summed E-state index contributed by atoms with van der Waals surface area (Å²) in [7, 11) is 1.65. The van der Waals surface area contributed by atoms with E-state index in [4.69, 9.17) is 9.47 Å². The monoisotopic (exact) mass is 274 g/mol. The molecular weight excluding hydrogens is 252 g/mol. The number of benzene rings is 1. The van der Waals surface area contributed by atoms with E-state index in [1.807, 2.05) is 0 Å². The normalized spacial score (nSPS) is 38.0. The second-order valence-electron chi connectivity index (χ2n) is 6.65. The number of phenols is 1. The Hall–Kier alpha value is -1.38. The van der Waals surface area contributed by atoms with Crippen molar-refractivity contribution in [2.45, 2.75) is 38.2 Å². The third kappa shape index (κ3) is 1.79. The zero-order valence-electron chi connectivity index (χ0n) is 11.9. The number of hydrogen-bond acceptors (Lipinski definition) is 3. The second kappa shape index (κ2) is 4.57. The van der Waals surface area contributed by atoms with Crippen LogP contribution in [-0.4, -0.2) is 18.3 Å². The molecule has 0 saturated heterocycles. The van der Waals surface area contributed by atoms with Gasteiger partial charge in [-0.05, 0) is 61.5 Å². The Morgan fingerprint density at radius 2 is 1.90 bits per heavy atom. The van der Waals surface area contributed by atoms with E-state index in [1.165, 1.54) is 32.1 Å². The molecule has 0 aliphatic heterocycles. The van der Waals surface area contributed by atoms with Crippen molar-refractivity contribution in [3.05, 3.63) is 18.2 Å². The molecule has 0 amide bonds. The lowest BCUT2D eigenvalue weighted by Gasteiger charge is -2.32. The molecule has 0 aromatic heterocycles. The van der Waals surface area contributed by atoms with Crippen molar-refractivity contribution in [1.82, 2.24) is 0 Å². The SMILES string of the molecule is COc1ccc(O)cc1OC1CC2CC1C1CCCC21. The summed E-state index contributed by atoms with van der Waals surface area (Å²) in [6.45, 7) is 0. The largest absolute Gasteiger partial charge is 0.508 e. The molecular formula is C17H22O3. The molecule has 5 atom stereocenters. The van der Waals surface area contributed by atoms with E-state index in [2.05, 4.69) is 0 Å². The Bertz CT molecular complexity index is 513. The standard InChI is InChI=1S/C17H22O3/c1-19-15-6-5-11(18)9-17(15)20-16-8-10-7-14(16)13-4-2-3-12(10)13/h5-6,9-10,12-14,16,18H,2-4,7-8H2,1H3. The van der Waals surface area contributed by atoms with E-state index in [1.54, 1.807) is 25.3 Å². The Morgan fingerprint density at radius 1 is 1.05 bits per heavy atom. The highest BCUT2D eigenvalue weighted by Crippen LogP contribution is 2.59. The molecule has 0 spiro atoms. The van der Waals surface area contributed by atoms with Crippen LogP contribution in [0.15, 0.2) is 18.2 Å². The maximum atomic E-state index is 9.65. The van der Waals surface area contributed by atoms with Crippen molar-refractivity contribution in [1.29, 1.82) is 0 Å². The van der Waals surface area contributed by atoms with Gasteiger partial charge in [0.05, 0.1) is 7.11 Å². The fourth-order valence-electron chi connectivity index (χ4n) is 5.06. The number of aromatic hydroxyl groups is 1. The van der Waals surface area contributed by atoms with Crippen molar-refractivity contribution < 1.29 is 14.6 Å². The molecule has 2 bridgehead atoms. The first-order valence-corrected chi connectivity index (χ1v) is 7.80. The Labute approximate surface area is 119 Å². The molecule has 1 aromatic rings. The van der Waals surface area contributed by atoms with Crippen LogP contribution in [0, 0.1) is 23.7 Å². The van der Waals surface area contributed by atoms with Gasteiger partial charge in [-0.2, -0.15) is 0 Å². The van der Waals surface area contributed by atoms with Crippen molar-refractivity contribution >= 4 is 0 Å². The lowest BCUT2D eigenvalue weighted by molar-refractivity contribution is 0.0814. The zero-order valence-corrected chi connectivity index (χ0v) is 11.9. The Kier molecular flexibility index (Phi) is 2.83. The minimum Gasteiger partial charge on any atom is -0.508 e. The van der Waals surface area contributed by atoms with Crippen LogP contribution in [0.3, 0.4) is 0 Å². The highest BCUT2D eigenvalue weighted by molar-refractivity contribution is 5.45. The molecule has 3 heteroatoms. The molecule has 3 fully saturated rings. The molecule has 3 aliphatic carbocycles. The first-order chi connectivity index (χ1) is 9.76. The van der Waals surface area contributed by atoms with E-state index in [-0.39, 0.29) is 5.75 Å². The number of hydrogen-bond donors (Lipinski definition) is 1. The first-order valence-electron chi connectivity index (χ1n) is 7.80. The third-order valence-electron chi connectivity index (χ3n) is 5.79. The van der Waals surface area contributed by atoms with Crippen LogP contribution in [0.1, 0.15) is 32.1 Å². The Balaban J connectivity index is 1.54. The second-order valence-corrected chi connectivity index (χ2v) is 6.65. The van der Waals surface area contributed by atoms with Gasteiger partial charge in [0.2, 0.25) is 0 Å². The lowest BCUT2D eigenvalue weighted by atomic mass is 9.80. The van der Waals surface area contributed by atoms with Crippen LogP contribution in [-0.2, 0) is 0 Å². The molecule has 3 saturated carbocycles. The van der Waals surface area contributed by atoms with E-state index in [0.29, 0.717) is 17.6 Å². The van der Waals surface area contributed by atoms with Gasteiger partial charge in [-0.1, -0.05) is 6.42 Å². The van der Waals surface area contributed by atoms with Crippen LogP contribution in [0.5, 0.6) is 17.2 Å². The highest BCUT2D eigenvalue weighted by Gasteiger charge is 2.54. The van der Waals surface area contributed by atoms with Gasteiger partial charge in [-0.3, -0.25) is 0 Å². The van der Waals surface area contributed by atoms with Crippen LogP contribution in [0.25, 0.3) is 0 Å². The number of methoxy groups -OCH3 is 1. The summed E-state index contributed by atoms with van der Waals surface area (Å²) in [5.74, 6) is 5.11.